The average molecular weight is 614 g/mol. The van der Waals surface area contributed by atoms with Crippen molar-refractivity contribution in [2.24, 2.45) is 5.10 Å². The number of alkyl halides is 3. The summed E-state index contributed by atoms with van der Waals surface area (Å²) in [7, 11) is 0. The zero-order valence-electron chi connectivity index (χ0n) is 19.7. The van der Waals surface area contributed by atoms with Crippen LogP contribution in [0.5, 0.6) is 5.75 Å². The van der Waals surface area contributed by atoms with Crippen LogP contribution >= 0.6 is 46.1 Å². The van der Waals surface area contributed by atoms with E-state index in [0.29, 0.717) is 27.2 Å². The second-order valence-electron chi connectivity index (χ2n) is 8.05. The fourth-order valence-electron chi connectivity index (χ4n) is 3.25. The molecule has 0 saturated carbocycles. The minimum atomic E-state index is -4.45. The van der Waals surface area contributed by atoms with Gasteiger partial charge in [-0.05, 0) is 53.6 Å². The number of thiazole rings is 1. The minimum absolute atomic E-state index is 0.0862. The minimum Gasteiger partial charge on any atom is -0.486 e. The number of nitrogens with one attached hydrogen (secondary N) is 2. The molecule has 3 aromatic carbocycles. The lowest BCUT2D eigenvalue weighted by molar-refractivity contribution is -0.137. The van der Waals surface area contributed by atoms with Crippen LogP contribution in [-0.4, -0.2) is 17.1 Å². The van der Waals surface area contributed by atoms with Gasteiger partial charge >= 0.3 is 6.18 Å². The summed E-state index contributed by atoms with van der Waals surface area (Å²) < 4.78 is 44.4. The molecule has 0 aliphatic rings. The molecule has 0 bridgehead atoms. The van der Waals surface area contributed by atoms with E-state index in [0.717, 1.165) is 29.0 Å². The van der Waals surface area contributed by atoms with Crippen LogP contribution in [0.25, 0.3) is 0 Å². The van der Waals surface area contributed by atoms with E-state index in [1.165, 1.54) is 18.3 Å². The lowest BCUT2D eigenvalue weighted by Gasteiger charge is -2.11. The maximum absolute atomic E-state index is 12.9. The van der Waals surface area contributed by atoms with Crippen molar-refractivity contribution in [3.63, 3.8) is 0 Å². The molecule has 0 unspecified atom stereocenters. The third-order valence-corrected chi connectivity index (χ3v) is 6.67. The molecule has 39 heavy (non-hydrogen) atoms. The van der Waals surface area contributed by atoms with E-state index in [-0.39, 0.29) is 28.8 Å². The zero-order valence-corrected chi connectivity index (χ0v) is 22.8. The molecule has 0 aliphatic carbocycles. The first-order valence-corrected chi connectivity index (χ1v) is 13.1. The third-order valence-electron chi connectivity index (χ3n) is 5.05. The van der Waals surface area contributed by atoms with Crippen molar-refractivity contribution in [2.45, 2.75) is 19.2 Å². The summed E-state index contributed by atoms with van der Waals surface area (Å²) >= 11 is 19.7. The second kappa shape index (κ2) is 12.7. The first kappa shape index (κ1) is 28.7. The van der Waals surface area contributed by atoms with E-state index in [2.05, 4.69) is 20.8 Å². The molecule has 1 aromatic heterocycles. The highest BCUT2D eigenvalue weighted by Crippen LogP contribution is 2.35. The lowest BCUT2D eigenvalue weighted by Crippen LogP contribution is -2.19. The third kappa shape index (κ3) is 8.34. The van der Waals surface area contributed by atoms with E-state index in [1.807, 2.05) is 12.1 Å². The van der Waals surface area contributed by atoms with E-state index in [9.17, 15) is 18.0 Å². The van der Waals surface area contributed by atoms with Crippen LogP contribution in [0.3, 0.4) is 0 Å². The van der Waals surface area contributed by atoms with Crippen LogP contribution in [0, 0.1) is 0 Å². The first-order valence-electron chi connectivity index (χ1n) is 11.1. The van der Waals surface area contributed by atoms with Gasteiger partial charge in [-0.2, -0.15) is 18.3 Å². The molecule has 1 heterocycles. The Hall–Kier alpha value is -3.31. The molecule has 4 aromatic rings. The highest BCUT2D eigenvalue weighted by molar-refractivity contribution is 7.13. The number of ether oxygens (including phenoxy) is 1. The molecule has 13 heteroatoms. The summed E-state index contributed by atoms with van der Waals surface area (Å²) in [5.41, 5.74) is 3.70. The molecular weight excluding hydrogens is 596 g/mol. The summed E-state index contributed by atoms with van der Waals surface area (Å²) in [6.45, 7) is 0.244. The Kier molecular flexibility index (Phi) is 9.34. The van der Waals surface area contributed by atoms with Gasteiger partial charge < -0.3 is 10.1 Å². The van der Waals surface area contributed by atoms with Gasteiger partial charge in [-0.25, -0.2) is 10.4 Å². The number of rotatable bonds is 9. The van der Waals surface area contributed by atoms with Gasteiger partial charge in [0.25, 0.3) is 0 Å². The highest BCUT2D eigenvalue weighted by Gasteiger charge is 2.30. The number of amides is 1. The molecule has 0 atom stereocenters. The Morgan fingerprint density at radius 1 is 1.05 bits per heavy atom. The van der Waals surface area contributed by atoms with Gasteiger partial charge in [-0.3, -0.25) is 4.79 Å². The predicted octanol–water partition coefficient (Wildman–Crippen LogP) is 8.14. The van der Waals surface area contributed by atoms with Gasteiger partial charge in [0.1, 0.15) is 6.61 Å². The molecule has 202 valence electrons. The van der Waals surface area contributed by atoms with E-state index < -0.39 is 17.6 Å². The van der Waals surface area contributed by atoms with Crippen molar-refractivity contribution in [1.29, 1.82) is 0 Å². The first-order chi connectivity index (χ1) is 18.6. The van der Waals surface area contributed by atoms with Crippen molar-refractivity contribution in [3.8, 4) is 5.75 Å². The van der Waals surface area contributed by atoms with Crippen molar-refractivity contribution in [3.05, 3.63) is 103 Å². The SMILES string of the molecule is O=C(Cc1csc(Nc2cccc(C(F)(F)F)c2)n1)N/N=C\c1cc(Cl)c(OCc2ccc(Cl)cc2)c(Cl)c1. The van der Waals surface area contributed by atoms with E-state index >= 15 is 0 Å². The quantitative estimate of drug-likeness (QED) is 0.148. The van der Waals surface area contributed by atoms with Gasteiger partial charge in [0.05, 0.1) is 33.9 Å². The molecule has 0 saturated heterocycles. The molecule has 0 aliphatic heterocycles. The van der Waals surface area contributed by atoms with Gasteiger partial charge in [-0.15, -0.1) is 11.3 Å². The predicted molar refractivity (Wildman–Crippen MR) is 149 cm³/mol. The Labute approximate surface area is 240 Å². The van der Waals surface area contributed by atoms with Crippen LogP contribution < -0.4 is 15.5 Å². The number of hydrogen-bond donors (Lipinski definition) is 2. The maximum atomic E-state index is 12.9. The molecule has 0 fully saturated rings. The Morgan fingerprint density at radius 2 is 1.77 bits per heavy atom. The van der Waals surface area contributed by atoms with Crippen LogP contribution in [0.15, 0.2) is 71.1 Å². The summed E-state index contributed by atoms with van der Waals surface area (Å²) in [5.74, 6) is -0.130. The summed E-state index contributed by atoms with van der Waals surface area (Å²) in [6, 6.07) is 15.1. The van der Waals surface area contributed by atoms with Crippen LogP contribution in [0.4, 0.5) is 24.0 Å². The van der Waals surface area contributed by atoms with Gasteiger partial charge in [0, 0.05) is 16.1 Å². The van der Waals surface area contributed by atoms with Crippen molar-refractivity contribution >= 4 is 69.1 Å². The number of nitrogens with zero attached hydrogens (tertiary/aromatic N) is 2. The van der Waals surface area contributed by atoms with Crippen LogP contribution in [0.1, 0.15) is 22.4 Å². The van der Waals surface area contributed by atoms with Crippen molar-refractivity contribution in [1.82, 2.24) is 10.4 Å². The Morgan fingerprint density at radius 3 is 2.46 bits per heavy atom. The molecule has 2 N–H and O–H groups in total. The van der Waals surface area contributed by atoms with E-state index in [4.69, 9.17) is 39.5 Å². The summed E-state index contributed by atoms with van der Waals surface area (Å²) in [5, 5.41) is 9.87. The Bertz CT molecular complexity index is 1470. The topological polar surface area (TPSA) is 75.6 Å². The molecule has 0 radical (unpaired) electrons. The monoisotopic (exact) mass is 612 g/mol. The van der Waals surface area contributed by atoms with Gasteiger partial charge in [-0.1, -0.05) is 53.0 Å². The highest BCUT2D eigenvalue weighted by atomic mass is 35.5. The van der Waals surface area contributed by atoms with Crippen LogP contribution in [-0.2, 0) is 24.0 Å². The zero-order chi connectivity index (χ0) is 28.0. The number of hydrogen-bond acceptors (Lipinski definition) is 6. The Balaban J connectivity index is 1.29. The largest absolute Gasteiger partial charge is 0.486 e. The second-order valence-corrected chi connectivity index (χ2v) is 10.2. The lowest BCUT2D eigenvalue weighted by atomic mass is 10.2. The van der Waals surface area contributed by atoms with Gasteiger partial charge in [0.2, 0.25) is 5.91 Å². The standard InChI is InChI=1S/C26H18Cl3F3N4O2S/c27-18-6-4-15(5-7-18)13-38-24-21(28)8-16(9-22(24)29)12-33-36-23(37)11-20-14-39-25(35-20)34-19-3-1-2-17(10-19)26(30,31)32/h1-10,12,14H,11,13H2,(H,34,35)(H,36,37)/b33-12-. The number of halogens is 6. The molecule has 4 rings (SSSR count). The number of aromatic nitrogens is 1. The van der Waals surface area contributed by atoms with Crippen molar-refractivity contribution in [2.75, 3.05) is 5.32 Å². The molecule has 0 spiro atoms. The fourth-order valence-corrected chi connectivity index (χ4v) is 4.72. The number of benzene rings is 3. The number of anilines is 2. The normalized spacial score (nSPS) is 11.5. The van der Waals surface area contributed by atoms with Gasteiger partial charge in [0.15, 0.2) is 10.9 Å². The molecule has 1 amide bonds. The maximum Gasteiger partial charge on any atom is 0.416 e. The molecular formula is C26H18Cl3F3N4O2S. The van der Waals surface area contributed by atoms with Crippen LogP contribution in [0.2, 0.25) is 15.1 Å². The summed E-state index contributed by atoms with van der Waals surface area (Å²) in [6.07, 6.45) is -3.16. The van der Waals surface area contributed by atoms with E-state index in [1.54, 1.807) is 29.6 Å². The summed E-state index contributed by atoms with van der Waals surface area (Å²) in [4.78, 5) is 16.5. The smallest absolute Gasteiger partial charge is 0.416 e. The van der Waals surface area contributed by atoms with Crippen molar-refractivity contribution < 1.29 is 22.7 Å². The number of carbonyl (C=O) groups is 1. The molecule has 6 nitrogen and oxygen atoms in total. The fraction of sp³-hybridized carbons (Fsp3) is 0.115. The number of carbonyl (C=O) groups excluding carboxylic acids is 1. The number of hydrazone groups is 1. The average Bonchev–Trinajstić information content (AvgIpc) is 3.30.